The van der Waals surface area contributed by atoms with Crippen LogP contribution in [0.25, 0.3) is 0 Å². The van der Waals surface area contributed by atoms with Crippen molar-refractivity contribution in [1.29, 1.82) is 0 Å². The molecule has 0 fully saturated rings. The van der Waals surface area contributed by atoms with Gasteiger partial charge in [-0.2, -0.15) is 5.10 Å². The molecular weight excluding hydrogens is 330 g/mol. The van der Waals surface area contributed by atoms with Crippen LogP contribution in [0.1, 0.15) is 6.42 Å². The van der Waals surface area contributed by atoms with Crippen molar-refractivity contribution in [3.63, 3.8) is 0 Å². The van der Waals surface area contributed by atoms with Gasteiger partial charge >= 0.3 is 0 Å². The molecule has 3 N–H and O–H groups in total. The zero-order chi connectivity index (χ0) is 18.0. The lowest BCUT2D eigenvalue weighted by atomic mass is 10.1. The maximum Gasteiger partial charge on any atom is 0.272 e. The third kappa shape index (κ3) is 3.47. The van der Waals surface area contributed by atoms with Crippen LogP contribution in [-0.2, 0) is 9.59 Å². The molecule has 1 unspecified atom stereocenters. The average Bonchev–Trinajstić information content (AvgIpc) is 3.03. The van der Waals surface area contributed by atoms with Crippen LogP contribution in [0.3, 0.4) is 0 Å². The van der Waals surface area contributed by atoms with Gasteiger partial charge in [-0.3, -0.25) is 14.6 Å². The second-order valence-corrected chi connectivity index (χ2v) is 5.42. The summed E-state index contributed by atoms with van der Waals surface area (Å²) in [7, 11) is 0. The van der Waals surface area contributed by atoms with E-state index < -0.39 is 29.5 Å². The average molecular weight is 344 g/mol. The summed E-state index contributed by atoms with van der Waals surface area (Å²) in [5, 5.41) is 7.78. The zero-order valence-electron chi connectivity index (χ0n) is 12.9. The van der Waals surface area contributed by atoms with Crippen LogP contribution < -0.4 is 16.1 Å². The maximum absolute atomic E-state index is 13.6. The van der Waals surface area contributed by atoms with Gasteiger partial charge in [-0.05, 0) is 36.4 Å². The zero-order valence-corrected chi connectivity index (χ0v) is 12.9. The van der Waals surface area contributed by atoms with Gasteiger partial charge in [0.15, 0.2) is 0 Å². The number of para-hydroxylation sites is 1. The Hall–Kier alpha value is -3.29. The molecule has 0 saturated heterocycles. The quantitative estimate of drug-likeness (QED) is 0.889. The Labute approximate surface area is 141 Å². The molecule has 128 valence electrons. The lowest BCUT2D eigenvalue weighted by Gasteiger charge is -2.20. The molecular formula is C17H14F2N4O2. The number of carbonyl (C=O) groups is 2. The highest BCUT2D eigenvalue weighted by Gasteiger charge is 2.35. The maximum atomic E-state index is 13.6. The van der Waals surface area contributed by atoms with Crippen LogP contribution in [0, 0.1) is 11.6 Å². The highest BCUT2D eigenvalue weighted by molar-refractivity contribution is 6.44. The molecule has 0 aromatic heterocycles. The van der Waals surface area contributed by atoms with E-state index in [1.165, 1.54) is 47.5 Å². The molecule has 25 heavy (non-hydrogen) atoms. The number of primary amides is 1. The Kier molecular flexibility index (Phi) is 4.42. The fraction of sp³-hybridized carbons (Fsp3) is 0.118. The number of nitrogens with one attached hydrogen (secondary N) is 1. The number of hydrogen-bond acceptors (Lipinski definition) is 4. The van der Waals surface area contributed by atoms with Crippen LogP contribution in [0.2, 0.25) is 0 Å². The topological polar surface area (TPSA) is 87.8 Å². The molecule has 1 aliphatic heterocycles. The Morgan fingerprint density at radius 1 is 1.12 bits per heavy atom. The van der Waals surface area contributed by atoms with Gasteiger partial charge in [0.05, 0.1) is 11.4 Å². The first-order valence-corrected chi connectivity index (χ1v) is 7.43. The largest absolute Gasteiger partial charge is 0.368 e. The van der Waals surface area contributed by atoms with Crippen molar-refractivity contribution in [2.75, 3.05) is 10.3 Å². The first-order valence-electron chi connectivity index (χ1n) is 7.43. The summed E-state index contributed by atoms with van der Waals surface area (Å²) in [6, 6.07) is 10.1. The molecule has 2 aromatic rings. The van der Waals surface area contributed by atoms with Gasteiger partial charge in [-0.15, -0.1) is 0 Å². The van der Waals surface area contributed by atoms with E-state index in [0.29, 0.717) is 5.69 Å². The SMILES string of the molecule is NC(=O)C1CC(C(=O)Nc2ccccc2F)=NN1c1ccc(F)cc1. The molecule has 1 atom stereocenters. The molecule has 6 nitrogen and oxygen atoms in total. The Morgan fingerprint density at radius 3 is 2.44 bits per heavy atom. The number of anilines is 2. The number of rotatable bonds is 4. The summed E-state index contributed by atoms with van der Waals surface area (Å²) in [5.41, 5.74) is 5.82. The number of benzene rings is 2. The number of nitrogens with two attached hydrogens (primary N) is 1. The molecule has 0 aliphatic carbocycles. The number of hydrogen-bond donors (Lipinski definition) is 2. The van der Waals surface area contributed by atoms with Crippen molar-refractivity contribution < 1.29 is 18.4 Å². The fourth-order valence-corrected chi connectivity index (χ4v) is 2.46. The van der Waals surface area contributed by atoms with Crippen molar-refractivity contribution in [3.8, 4) is 0 Å². The van der Waals surface area contributed by atoms with Crippen molar-refractivity contribution in [2.24, 2.45) is 10.8 Å². The number of carbonyl (C=O) groups excluding carboxylic acids is 2. The van der Waals surface area contributed by atoms with E-state index >= 15 is 0 Å². The van der Waals surface area contributed by atoms with Gasteiger partial charge in [0.25, 0.3) is 5.91 Å². The molecule has 0 saturated carbocycles. The molecule has 1 aliphatic rings. The minimum absolute atomic E-state index is 0.00561. The molecule has 0 spiro atoms. The molecule has 0 radical (unpaired) electrons. The third-order valence-corrected chi connectivity index (χ3v) is 3.71. The van der Waals surface area contributed by atoms with Crippen molar-refractivity contribution >= 4 is 28.9 Å². The predicted octanol–water partition coefficient (Wildman–Crippen LogP) is 2.02. The van der Waals surface area contributed by atoms with E-state index in [4.69, 9.17) is 5.73 Å². The van der Waals surface area contributed by atoms with Gasteiger partial charge in [-0.1, -0.05) is 12.1 Å². The highest BCUT2D eigenvalue weighted by Crippen LogP contribution is 2.25. The van der Waals surface area contributed by atoms with Gasteiger partial charge in [-0.25, -0.2) is 8.78 Å². The molecule has 0 bridgehead atoms. The third-order valence-electron chi connectivity index (χ3n) is 3.71. The monoisotopic (exact) mass is 344 g/mol. The summed E-state index contributed by atoms with van der Waals surface area (Å²) in [5.74, 6) is -2.35. The van der Waals surface area contributed by atoms with Crippen LogP contribution in [0.5, 0.6) is 0 Å². The van der Waals surface area contributed by atoms with E-state index in [9.17, 15) is 18.4 Å². The molecule has 8 heteroatoms. The fourth-order valence-electron chi connectivity index (χ4n) is 2.46. The summed E-state index contributed by atoms with van der Waals surface area (Å²) in [6.07, 6.45) is -0.0347. The summed E-state index contributed by atoms with van der Waals surface area (Å²) < 4.78 is 26.7. The van der Waals surface area contributed by atoms with E-state index in [1.807, 2.05) is 0 Å². The smallest absolute Gasteiger partial charge is 0.272 e. The predicted molar refractivity (Wildman–Crippen MR) is 88.9 cm³/mol. The van der Waals surface area contributed by atoms with E-state index in [2.05, 4.69) is 10.4 Å². The van der Waals surface area contributed by atoms with Gasteiger partial charge < -0.3 is 11.1 Å². The van der Waals surface area contributed by atoms with Crippen molar-refractivity contribution in [1.82, 2.24) is 0 Å². The van der Waals surface area contributed by atoms with Crippen LogP contribution >= 0.6 is 0 Å². The van der Waals surface area contributed by atoms with Crippen LogP contribution in [0.4, 0.5) is 20.2 Å². The van der Waals surface area contributed by atoms with Crippen LogP contribution in [-0.4, -0.2) is 23.6 Å². The second-order valence-electron chi connectivity index (χ2n) is 5.42. The highest BCUT2D eigenvalue weighted by atomic mass is 19.1. The number of nitrogens with zero attached hydrogens (tertiary/aromatic N) is 2. The Bertz CT molecular complexity index is 852. The normalized spacial score (nSPS) is 16.5. The summed E-state index contributed by atoms with van der Waals surface area (Å²) >= 11 is 0. The molecule has 2 amide bonds. The molecule has 3 rings (SSSR count). The minimum atomic E-state index is -0.883. The van der Waals surface area contributed by atoms with Crippen molar-refractivity contribution in [3.05, 3.63) is 60.2 Å². The molecule has 2 aromatic carbocycles. The number of amides is 2. The summed E-state index contributed by atoms with van der Waals surface area (Å²) in [6.45, 7) is 0. The second kappa shape index (κ2) is 6.68. The van der Waals surface area contributed by atoms with E-state index in [1.54, 1.807) is 6.07 Å². The summed E-state index contributed by atoms with van der Waals surface area (Å²) in [4.78, 5) is 24.0. The number of hydrazone groups is 1. The van der Waals surface area contributed by atoms with Gasteiger partial charge in [0, 0.05) is 6.42 Å². The van der Waals surface area contributed by atoms with Gasteiger partial charge in [0.2, 0.25) is 5.91 Å². The molecule has 1 heterocycles. The first kappa shape index (κ1) is 16.6. The Balaban J connectivity index is 1.85. The lowest BCUT2D eigenvalue weighted by molar-refractivity contribution is -0.119. The van der Waals surface area contributed by atoms with E-state index in [0.717, 1.165) is 0 Å². The number of halogens is 2. The lowest BCUT2D eigenvalue weighted by Crippen LogP contribution is -2.39. The van der Waals surface area contributed by atoms with Crippen molar-refractivity contribution in [2.45, 2.75) is 12.5 Å². The Morgan fingerprint density at radius 2 is 1.80 bits per heavy atom. The van der Waals surface area contributed by atoms with Gasteiger partial charge in [0.1, 0.15) is 23.4 Å². The first-order chi connectivity index (χ1) is 12.0. The van der Waals surface area contributed by atoms with E-state index in [-0.39, 0.29) is 17.8 Å². The van der Waals surface area contributed by atoms with Crippen LogP contribution in [0.15, 0.2) is 53.6 Å². The minimum Gasteiger partial charge on any atom is -0.368 e. The standard InChI is InChI=1S/C17H14F2N4O2/c18-10-5-7-11(8-6-10)23-15(16(20)24)9-14(22-23)17(25)21-13-4-2-1-3-12(13)19/h1-8,15H,9H2,(H2,20,24)(H,21,25).